The molecule has 1 aromatic heterocycles. The van der Waals surface area contributed by atoms with Gasteiger partial charge in [-0.15, -0.1) is 0 Å². The van der Waals surface area contributed by atoms with E-state index in [1.54, 1.807) is 35.2 Å². The van der Waals surface area contributed by atoms with Crippen molar-refractivity contribution in [3.05, 3.63) is 48.0 Å². The first-order valence-corrected chi connectivity index (χ1v) is 7.31. The first kappa shape index (κ1) is 15.3. The molecule has 0 spiro atoms. The van der Waals surface area contributed by atoms with Crippen LogP contribution in [-0.2, 0) is 0 Å². The van der Waals surface area contributed by atoms with E-state index in [-0.39, 0.29) is 17.5 Å². The molecule has 0 bridgehead atoms. The number of carbonyl (C=O) groups excluding carboxylic acids is 1. The SMILES string of the molecule is CCCCN(CC)C(=O)c1ccc(-c2ccccc2F)o1. The second kappa shape index (κ2) is 7.07. The highest BCUT2D eigenvalue weighted by atomic mass is 19.1. The summed E-state index contributed by atoms with van der Waals surface area (Å²) in [5.74, 6) is 0.131. The topological polar surface area (TPSA) is 33.5 Å². The van der Waals surface area contributed by atoms with Gasteiger partial charge in [0.2, 0.25) is 0 Å². The summed E-state index contributed by atoms with van der Waals surface area (Å²) in [5.41, 5.74) is 0.369. The summed E-state index contributed by atoms with van der Waals surface area (Å²) in [5, 5.41) is 0. The second-order valence-corrected chi connectivity index (χ2v) is 4.88. The van der Waals surface area contributed by atoms with Gasteiger partial charge in [-0.05, 0) is 37.6 Å². The zero-order valence-corrected chi connectivity index (χ0v) is 12.4. The molecule has 4 heteroatoms. The van der Waals surface area contributed by atoms with E-state index in [9.17, 15) is 9.18 Å². The smallest absolute Gasteiger partial charge is 0.289 e. The number of amides is 1. The van der Waals surface area contributed by atoms with Crippen molar-refractivity contribution < 1.29 is 13.6 Å². The molecule has 1 aromatic carbocycles. The van der Waals surface area contributed by atoms with Crippen LogP contribution in [0.3, 0.4) is 0 Å². The van der Waals surface area contributed by atoms with Crippen LogP contribution in [0.25, 0.3) is 11.3 Å². The van der Waals surface area contributed by atoms with Crippen molar-refractivity contribution in [3.8, 4) is 11.3 Å². The van der Waals surface area contributed by atoms with E-state index in [1.807, 2.05) is 6.92 Å². The monoisotopic (exact) mass is 289 g/mol. The van der Waals surface area contributed by atoms with Crippen molar-refractivity contribution >= 4 is 5.91 Å². The summed E-state index contributed by atoms with van der Waals surface area (Å²) < 4.78 is 19.3. The lowest BCUT2D eigenvalue weighted by Gasteiger charge is -2.19. The van der Waals surface area contributed by atoms with Gasteiger partial charge in [0.1, 0.15) is 11.6 Å². The lowest BCUT2D eigenvalue weighted by atomic mass is 10.1. The molecular weight excluding hydrogens is 269 g/mol. The Morgan fingerprint density at radius 1 is 1.19 bits per heavy atom. The average molecular weight is 289 g/mol. The zero-order chi connectivity index (χ0) is 15.2. The van der Waals surface area contributed by atoms with Gasteiger partial charge in [-0.2, -0.15) is 0 Å². The number of nitrogens with zero attached hydrogens (tertiary/aromatic N) is 1. The van der Waals surface area contributed by atoms with Crippen LogP contribution < -0.4 is 0 Å². The number of hydrogen-bond acceptors (Lipinski definition) is 2. The highest BCUT2D eigenvalue weighted by Crippen LogP contribution is 2.25. The van der Waals surface area contributed by atoms with Crippen molar-refractivity contribution in [3.63, 3.8) is 0 Å². The Hall–Kier alpha value is -2.10. The van der Waals surface area contributed by atoms with Crippen molar-refractivity contribution in [2.45, 2.75) is 26.7 Å². The third kappa shape index (κ3) is 3.51. The molecule has 112 valence electrons. The van der Waals surface area contributed by atoms with E-state index in [0.29, 0.717) is 24.4 Å². The Balaban J connectivity index is 2.19. The third-order valence-electron chi connectivity index (χ3n) is 3.41. The summed E-state index contributed by atoms with van der Waals surface area (Å²) in [6.45, 7) is 5.37. The van der Waals surface area contributed by atoms with Crippen molar-refractivity contribution in [2.75, 3.05) is 13.1 Å². The molecule has 0 radical (unpaired) electrons. The van der Waals surface area contributed by atoms with Gasteiger partial charge in [-0.3, -0.25) is 4.79 Å². The van der Waals surface area contributed by atoms with Gasteiger partial charge in [-0.1, -0.05) is 25.5 Å². The van der Waals surface area contributed by atoms with Gasteiger partial charge in [0.15, 0.2) is 5.76 Å². The van der Waals surface area contributed by atoms with Gasteiger partial charge < -0.3 is 9.32 Å². The summed E-state index contributed by atoms with van der Waals surface area (Å²) in [6.07, 6.45) is 1.99. The number of hydrogen-bond donors (Lipinski definition) is 0. The Labute approximate surface area is 124 Å². The first-order valence-electron chi connectivity index (χ1n) is 7.31. The lowest BCUT2D eigenvalue weighted by molar-refractivity contribution is 0.0731. The molecule has 0 fully saturated rings. The van der Waals surface area contributed by atoms with Crippen LogP contribution >= 0.6 is 0 Å². The zero-order valence-electron chi connectivity index (χ0n) is 12.4. The van der Waals surface area contributed by atoms with E-state index < -0.39 is 0 Å². The Bertz CT molecular complexity index is 606. The Morgan fingerprint density at radius 3 is 2.62 bits per heavy atom. The van der Waals surface area contributed by atoms with E-state index >= 15 is 0 Å². The van der Waals surface area contributed by atoms with E-state index in [0.717, 1.165) is 12.8 Å². The molecular formula is C17H20FNO2. The fourth-order valence-corrected chi connectivity index (χ4v) is 2.17. The van der Waals surface area contributed by atoms with Crippen LogP contribution in [0.15, 0.2) is 40.8 Å². The van der Waals surface area contributed by atoms with Crippen LogP contribution in [0, 0.1) is 5.82 Å². The molecule has 3 nitrogen and oxygen atoms in total. The van der Waals surface area contributed by atoms with Crippen LogP contribution in [0.2, 0.25) is 0 Å². The fourth-order valence-electron chi connectivity index (χ4n) is 2.17. The molecule has 1 heterocycles. The van der Waals surface area contributed by atoms with E-state index in [4.69, 9.17) is 4.42 Å². The molecule has 21 heavy (non-hydrogen) atoms. The first-order chi connectivity index (χ1) is 10.2. The van der Waals surface area contributed by atoms with E-state index in [1.165, 1.54) is 6.07 Å². The van der Waals surface area contributed by atoms with Gasteiger partial charge in [0.25, 0.3) is 5.91 Å². The predicted molar refractivity (Wildman–Crippen MR) is 80.6 cm³/mol. The number of rotatable bonds is 6. The maximum absolute atomic E-state index is 13.7. The lowest BCUT2D eigenvalue weighted by Crippen LogP contribution is -2.31. The molecule has 2 rings (SSSR count). The molecule has 0 aliphatic rings. The molecule has 0 saturated carbocycles. The molecule has 0 saturated heterocycles. The summed E-state index contributed by atoms with van der Waals surface area (Å²) in [7, 11) is 0. The van der Waals surface area contributed by atoms with Crippen LogP contribution in [0.4, 0.5) is 4.39 Å². The summed E-state index contributed by atoms with van der Waals surface area (Å²) in [6, 6.07) is 9.62. The summed E-state index contributed by atoms with van der Waals surface area (Å²) in [4.78, 5) is 14.1. The van der Waals surface area contributed by atoms with Gasteiger partial charge >= 0.3 is 0 Å². The number of carbonyl (C=O) groups is 1. The fraction of sp³-hybridized carbons (Fsp3) is 0.353. The Kier molecular flexibility index (Phi) is 5.14. The number of unbranched alkanes of at least 4 members (excludes halogenated alkanes) is 1. The number of benzene rings is 1. The highest BCUT2D eigenvalue weighted by molar-refractivity contribution is 5.92. The van der Waals surface area contributed by atoms with Crippen LogP contribution in [-0.4, -0.2) is 23.9 Å². The standard InChI is InChI=1S/C17H20FNO2/c1-3-5-12-19(4-2)17(20)16-11-10-15(21-16)13-8-6-7-9-14(13)18/h6-11H,3-5,12H2,1-2H3. The molecule has 0 N–H and O–H groups in total. The maximum Gasteiger partial charge on any atom is 0.289 e. The molecule has 0 unspecified atom stereocenters. The third-order valence-corrected chi connectivity index (χ3v) is 3.41. The van der Waals surface area contributed by atoms with Crippen molar-refractivity contribution in [2.24, 2.45) is 0 Å². The molecule has 1 amide bonds. The average Bonchev–Trinajstić information content (AvgIpc) is 2.98. The van der Waals surface area contributed by atoms with Crippen molar-refractivity contribution in [1.29, 1.82) is 0 Å². The van der Waals surface area contributed by atoms with E-state index in [2.05, 4.69) is 6.92 Å². The second-order valence-electron chi connectivity index (χ2n) is 4.88. The minimum atomic E-state index is -0.357. The Morgan fingerprint density at radius 2 is 1.95 bits per heavy atom. The highest BCUT2D eigenvalue weighted by Gasteiger charge is 2.18. The van der Waals surface area contributed by atoms with Gasteiger partial charge in [0.05, 0.1) is 5.56 Å². The predicted octanol–water partition coefficient (Wildman–Crippen LogP) is 4.35. The maximum atomic E-state index is 13.7. The van der Waals surface area contributed by atoms with Crippen LogP contribution in [0.5, 0.6) is 0 Å². The molecule has 2 aromatic rings. The van der Waals surface area contributed by atoms with Crippen LogP contribution in [0.1, 0.15) is 37.2 Å². The minimum Gasteiger partial charge on any atom is -0.451 e. The number of furan rings is 1. The normalized spacial score (nSPS) is 10.6. The quantitative estimate of drug-likeness (QED) is 0.792. The molecule has 0 atom stereocenters. The molecule has 0 aliphatic heterocycles. The van der Waals surface area contributed by atoms with Gasteiger partial charge in [-0.25, -0.2) is 4.39 Å². The molecule has 0 aliphatic carbocycles. The largest absolute Gasteiger partial charge is 0.451 e. The summed E-state index contributed by atoms with van der Waals surface area (Å²) >= 11 is 0. The van der Waals surface area contributed by atoms with Gasteiger partial charge in [0, 0.05) is 13.1 Å². The van der Waals surface area contributed by atoms with Crippen molar-refractivity contribution in [1.82, 2.24) is 4.90 Å². The minimum absolute atomic E-state index is 0.145. The number of halogens is 1.